The number of anilines is 2. The van der Waals surface area contributed by atoms with Crippen molar-refractivity contribution in [3.05, 3.63) is 29.8 Å². The number of nitrogens with one attached hydrogen (secondary N) is 2. The third-order valence-corrected chi connectivity index (χ3v) is 6.46. The number of rotatable bonds is 5. The van der Waals surface area contributed by atoms with Gasteiger partial charge in [-0.15, -0.1) is 0 Å². The second kappa shape index (κ2) is 8.87. The molecule has 3 aliphatic rings. The molecule has 3 heterocycles. The molecule has 2 fully saturated rings. The number of urea groups is 1. The third kappa shape index (κ3) is 4.57. The normalized spacial score (nSPS) is 20.4. The van der Waals surface area contributed by atoms with Crippen molar-refractivity contribution in [3.8, 4) is 23.3 Å². The van der Waals surface area contributed by atoms with Gasteiger partial charge in [0.15, 0.2) is 5.82 Å². The number of morpholine rings is 1. The van der Waals surface area contributed by atoms with Crippen molar-refractivity contribution in [3.63, 3.8) is 0 Å². The van der Waals surface area contributed by atoms with Crippen LogP contribution in [0, 0.1) is 11.3 Å². The van der Waals surface area contributed by atoms with Crippen LogP contribution in [-0.4, -0.2) is 53.9 Å². The zero-order valence-corrected chi connectivity index (χ0v) is 18.8. The molecule has 1 atom stereocenters. The number of aromatic nitrogens is 2. The second-order valence-corrected chi connectivity index (χ2v) is 8.92. The van der Waals surface area contributed by atoms with Crippen LogP contribution < -0.4 is 20.3 Å². The van der Waals surface area contributed by atoms with E-state index in [1.165, 1.54) is 0 Å². The van der Waals surface area contributed by atoms with Gasteiger partial charge >= 0.3 is 6.03 Å². The van der Waals surface area contributed by atoms with Crippen LogP contribution in [0.1, 0.15) is 38.2 Å². The first kappa shape index (κ1) is 21.5. The van der Waals surface area contributed by atoms with Gasteiger partial charge in [0.1, 0.15) is 11.4 Å². The van der Waals surface area contributed by atoms with Crippen LogP contribution >= 0.6 is 0 Å². The molecule has 1 spiro atoms. The Morgan fingerprint density at radius 3 is 2.82 bits per heavy atom. The summed E-state index contributed by atoms with van der Waals surface area (Å²) < 4.78 is 12.0. The number of amides is 2. The molecule has 0 unspecified atom stereocenters. The number of benzene rings is 1. The van der Waals surface area contributed by atoms with Gasteiger partial charge in [0.05, 0.1) is 37.3 Å². The molecule has 0 bridgehead atoms. The van der Waals surface area contributed by atoms with E-state index < -0.39 is 0 Å². The number of fused-ring (bicyclic) bond motifs is 1. The van der Waals surface area contributed by atoms with E-state index in [4.69, 9.17) is 24.7 Å². The molecule has 1 aromatic carbocycles. The Kier molecular flexibility index (Phi) is 5.77. The van der Waals surface area contributed by atoms with E-state index in [1.807, 2.05) is 30.3 Å². The Hall–Kier alpha value is -3.38. The molecule has 172 valence electrons. The number of nitrogens with zero attached hydrogens (tertiary/aromatic N) is 4. The van der Waals surface area contributed by atoms with Crippen LogP contribution in [-0.2, 0) is 11.2 Å². The van der Waals surface area contributed by atoms with Crippen LogP contribution in [0.4, 0.5) is 16.3 Å². The van der Waals surface area contributed by atoms with Gasteiger partial charge in [-0.05, 0) is 56.9 Å². The predicted octanol–water partition coefficient (Wildman–Crippen LogP) is 3.26. The Labute approximate surface area is 193 Å². The maximum atomic E-state index is 11.9. The monoisotopic (exact) mass is 448 g/mol. The third-order valence-electron chi connectivity index (χ3n) is 6.46. The Morgan fingerprint density at radius 1 is 1.27 bits per heavy atom. The lowest BCUT2D eigenvalue weighted by Crippen LogP contribution is -2.45. The average Bonchev–Trinajstić information content (AvgIpc) is 3.57. The maximum absolute atomic E-state index is 11.9. The van der Waals surface area contributed by atoms with Crippen LogP contribution in [0.25, 0.3) is 11.4 Å². The molecule has 2 N–H and O–H groups in total. The first-order valence-corrected chi connectivity index (χ1v) is 11.5. The number of carbonyl (C=O) groups is 1. The number of ether oxygens (including phenoxy) is 2. The zero-order chi connectivity index (χ0) is 22.8. The fourth-order valence-electron chi connectivity index (χ4n) is 4.37. The lowest BCUT2D eigenvalue weighted by molar-refractivity contribution is 0.0978. The molecule has 1 saturated heterocycles. The highest BCUT2D eigenvalue weighted by Crippen LogP contribution is 2.49. The highest BCUT2D eigenvalue weighted by atomic mass is 16.5. The molecule has 1 saturated carbocycles. The van der Waals surface area contributed by atoms with Crippen molar-refractivity contribution in [2.24, 2.45) is 0 Å². The summed E-state index contributed by atoms with van der Waals surface area (Å²) in [7, 11) is 0. The van der Waals surface area contributed by atoms with Crippen LogP contribution in [0.3, 0.4) is 0 Å². The van der Waals surface area contributed by atoms with Crippen LogP contribution in [0.5, 0.6) is 5.88 Å². The molecular formula is C24H28N6O3. The molecule has 0 radical (unpaired) electrons. The van der Waals surface area contributed by atoms with Crippen molar-refractivity contribution in [1.82, 2.24) is 15.3 Å². The van der Waals surface area contributed by atoms with E-state index in [-0.39, 0.29) is 24.1 Å². The summed E-state index contributed by atoms with van der Waals surface area (Å²) in [6.45, 7) is 4.61. The van der Waals surface area contributed by atoms with E-state index in [0.29, 0.717) is 37.2 Å². The van der Waals surface area contributed by atoms with E-state index >= 15 is 0 Å². The molecule has 9 nitrogen and oxygen atoms in total. The van der Waals surface area contributed by atoms with Gasteiger partial charge in [0.25, 0.3) is 0 Å². The summed E-state index contributed by atoms with van der Waals surface area (Å²) in [6, 6.07) is 9.33. The minimum absolute atomic E-state index is 0.0286. The fraction of sp³-hybridized carbons (Fsp3) is 0.500. The number of nitriles is 1. The van der Waals surface area contributed by atoms with E-state index in [0.717, 1.165) is 49.2 Å². The molecule has 2 aliphatic heterocycles. The fourth-order valence-corrected chi connectivity index (χ4v) is 4.37. The smallest absolute Gasteiger partial charge is 0.319 e. The number of carbonyl (C=O) groups excluding carboxylic acids is 1. The van der Waals surface area contributed by atoms with Crippen molar-refractivity contribution >= 4 is 17.5 Å². The van der Waals surface area contributed by atoms with E-state index in [2.05, 4.69) is 22.5 Å². The lowest BCUT2D eigenvalue weighted by atomic mass is 10.0. The van der Waals surface area contributed by atoms with Gasteiger partial charge in [0.2, 0.25) is 5.88 Å². The summed E-state index contributed by atoms with van der Waals surface area (Å²) in [5.41, 5.74) is 2.58. The number of hydrogen-bond acceptors (Lipinski definition) is 7. The summed E-state index contributed by atoms with van der Waals surface area (Å²) in [5, 5.41) is 14.0. The van der Waals surface area contributed by atoms with Crippen LogP contribution in [0.15, 0.2) is 24.3 Å². The standard InChI is InChI=1S/C24H28N6O3/c1-16-15-32-14-13-30(16)21-19-7-8-24(9-10-24)33-22(19)29-20(28-21)17-3-5-18(6-4-17)27-23(31)26-12-2-11-25/h3-6,16H,2,7-10,12-15H2,1H3,(H2,26,27,31)/t16-/m0/s1. The van der Waals surface area contributed by atoms with Gasteiger partial charge in [-0.1, -0.05) is 0 Å². The highest BCUT2D eigenvalue weighted by Gasteiger charge is 2.49. The van der Waals surface area contributed by atoms with Crippen molar-refractivity contribution in [2.75, 3.05) is 36.5 Å². The van der Waals surface area contributed by atoms with E-state index in [1.54, 1.807) is 0 Å². The predicted molar refractivity (Wildman–Crippen MR) is 123 cm³/mol. The lowest BCUT2D eigenvalue weighted by Gasteiger charge is -2.37. The summed E-state index contributed by atoms with van der Waals surface area (Å²) >= 11 is 0. The molecule has 1 aromatic heterocycles. The van der Waals surface area contributed by atoms with Gasteiger partial charge in [-0.3, -0.25) is 0 Å². The second-order valence-electron chi connectivity index (χ2n) is 8.92. The van der Waals surface area contributed by atoms with Gasteiger partial charge in [-0.2, -0.15) is 10.2 Å². The Balaban J connectivity index is 1.41. The maximum Gasteiger partial charge on any atom is 0.319 e. The molecule has 5 rings (SSSR count). The molecule has 1 aliphatic carbocycles. The van der Waals surface area contributed by atoms with Crippen molar-refractivity contribution in [2.45, 2.75) is 50.7 Å². The molecule has 33 heavy (non-hydrogen) atoms. The Morgan fingerprint density at radius 2 is 2.09 bits per heavy atom. The summed E-state index contributed by atoms with van der Waals surface area (Å²) in [4.78, 5) is 24.0. The minimum atomic E-state index is -0.338. The van der Waals surface area contributed by atoms with Gasteiger partial charge in [0, 0.05) is 24.3 Å². The van der Waals surface area contributed by atoms with Crippen molar-refractivity contribution in [1.29, 1.82) is 5.26 Å². The van der Waals surface area contributed by atoms with Gasteiger partial charge < -0.3 is 25.0 Å². The van der Waals surface area contributed by atoms with Crippen LogP contribution in [0.2, 0.25) is 0 Å². The Bertz CT molecular complexity index is 1080. The van der Waals surface area contributed by atoms with Crippen molar-refractivity contribution < 1.29 is 14.3 Å². The molecule has 2 aromatic rings. The summed E-state index contributed by atoms with van der Waals surface area (Å²) in [6.07, 6.45) is 4.40. The SMILES string of the molecule is C[C@H]1COCCN1c1nc(-c2ccc(NC(=O)NCCC#N)cc2)nc2c1CCC1(CC1)O2. The highest BCUT2D eigenvalue weighted by molar-refractivity contribution is 5.89. The molecular weight excluding hydrogens is 420 g/mol. The molecule has 9 heteroatoms. The topological polar surface area (TPSA) is 112 Å². The summed E-state index contributed by atoms with van der Waals surface area (Å²) in [5.74, 6) is 2.27. The average molecular weight is 449 g/mol. The van der Waals surface area contributed by atoms with Gasteiger partial charge in [-0.25, -0.2) is 9.78 Å². The zero-order valence-electron chi connectivity index (χ0n) is 18.8. The first-order valence-electron chi connectivity index (χ1n) is 11.5. The largest absolute Gasteiger partial charge is 0.471 e. The molecule has 2 amide bonds. The quantitative estimate of drug-likeness (QED) is 0.675. The minimum Gasteiger partial charge on any atom is -0.471 e. The van der Waals surface area contributed by atoms with E-state index in [9.17, 15) is 4.79 Å². The first-order chi connectivity index (χ1) is 16.1. The number of hydrogen-bond donors (Lipinski definition) is 2.